The van der Waals surface area contributed by atoms with Gasteiger partial charge in [-0.2, -0.15) is 0 Å². The first-order chi connectivity index (χ1) is 12.3. The Morgan fingerprint density at radius 2 is 1.84 bits per heavy atom. The van der Waals surface area contributed by atoms with Crippen LogP contribution in [-0.4, -0.2) is 32.7 Å². The lowest BCUT2D eigenvalue weighted by molar-refractivity contribution is 0.00370. The molecule has 0 amide bonds. The highest BCUT2D eigenvalue weighted by Crippen LogP contribution is 2.23. The van der Waals surface area contributed by atoms with Gasteiger partial charge in [-0.25, -0.2) is 4.68 Å². The van der Waals surface area contributed by atoms with Gasteiger partial charge in [0.15, 0.2) is 0 Å². The second-order valence-electron chi connectivity index (χ2n) is 6.58. The van der Waals surface area contributed by atoms with Crippen LogP contribution in [0.1, 0.15) is 25.0 Å². The minimum Gasteiger partial charge on any atom is -0.376 e. The first-order valence-corrected chi connectivity index (χ1v) is 8.83. The summed E-state index contributed by atoms with van der Waals surface area (Å²) in [6.45, 7) is 3.64. The summed E-state index contributed by atoms with van der Waals surface area (Å²) in [5.41, 5.74) is 5.26. The van der Waals surface area contributed by atoms with Gasteiger partial charge in [0, 0.05) is 29.6 Å². The third kappa shape index (κ3) is 3.77. The Labute approximate surface area is 147 Å². The number of benzene rings is 1. The van der Waals surface area contributed by atoms with Crippen molar-refractivity contribution in [1.82, 2.24) is 20.0 Å². The van der Waals surface area contributed by atoms with E-state index in [9.17, 15) is 0 Å². The maximum atomic E-state index is 5.78. The van der Waals surface area contributed by atoms with Gasteiger partial charge in [0.25, 0.3) is 0 Å². The van der Waals surface area contributed by atoms with Gasteiger partial charge in [-0.3, -0.25) is 4.98 Å². The summed E-state index contributed by atoms with van der Waals surface area (Å²) in [6.07, 6.45) is 7.68. The summed E-state index contributed by atoms with van der Waals surface area (Å²) >= 11 is 0. The number of nitrogens with zero attached hydrogens (tertiary/aromatic N) is 4. The lowest BCUT2D eigenvalue weighted by atomic mass is 10.0. The second-order valence-corrected chi connectivity index (χ2v) is 6.58. The van der Waals surface area contributed by atoms with Gasteiger partial charge in [0.1, 0.15) is 5.69 Å². The van der Waals surface area contributed by atoms with E-state index >= 15 is 0 Å². The normalized spacial score (nSPS) is 17.6. The predicted molar refractivity (Wildman–Crippen MR) is 97.0 cm³/mol. The van der Waals surface area contributed by atoms with E-state index in [4.69, 9.17) is 4.74 Å². The zero-order valence-electron chi connectivity index (χ0n) is 14.4. The Morgan fingerprint density at radius 1 is 1.04 bits per heavy atom. The Kier molecular flexibility index (Phi) is 4.57. The van der Waals surface area contributed by atoms with E-state index < -0.39 is 0 Å². The van der Waals surface area contributed by atoms with Crippen molar-refractivity contribution in [3.05, 3.63) is 54.5 Å². The van der Waals surface area contributed by atoms with E-state index in [1.54, 1.807) is 0 Å². The first-order valence-electron chi connectivity index (χ1n) is 8.83. The molecule has 5 nitrogen and oxygen atoms in total. The molecule has 1 saturated heterocycles. The van der Waals surface area contributed by atoms with Gasteiger partial charge in [0.05, 0.1) is 18.8 Å². The summed E-state index contributed by atoms with van der Waals surface area (Å²) in [7, 11) is 0. The van der Waals surface area contributed by atoms with E-state index in [0.29, 0.717) is 0 Å². The van der Waals surface area contributed by atoms with E-state index in [1.165, 1.54) is 12.8 Å². The summed E-state index contributed by atoms with van der Waals surface area (Å²) in [5, 5.41) is 8.56. The minimum atomic E-state index is 0.264. The fraction of sp³-hybridized carbons (Fsp3) is 0.350. The molecule has 4 rings (SSSR count). The molecule has 2 aromatic heterocycles. The van der Waals surface area contributed by atoms with Crippen molar-refractivity contribution in [2.24, 2.45) is 0 Å². The number of aryl methyl sites for hydroxylation is 1. The Bertz CT molecular complexity index is 818. The Morgan fingerprint density at radius 3 is 2.56 bits per heavy atom. The predicted octanol–water partition coefficient (Wildman–Crippen LogP) is 3.88. The van der Waals surface area contributed by atoms with Crippen LogP contribution in [0.4, 0.5) is 0 Å². The van der Waals surface area contributed by atoms with Crippen molar-refractivity contribution in [2.75, 3.05) is 6.61 Å². The van der Waals surface area contributed by atoms with Gasteiger partial charge in [-0.1, -0.05) is 35.5 Å². The monoisotopic (exact) mass is 334 g/mol. The highest BCUT2D eigenvalue weighted by molar-refractivity contribution is 5.67. The lowest BCUT2D eigenvalue weighted by Crippen LogP contribution is -2.24. The molecule has 0 unspecified atom stereocenters. The molecule has 1 aliphatic rings. The largest absolute Gasteiger partial charge is 0.376 e. The molecule has 1 atom stereocenters. The van der Waals surface area contributed by atoms with Crippen molar-refractivity contribution >= 4 is 0 Å². The molecule has 0 aliphatic carbocycles. The molecule has 0 saturated carbocycles. The molecule has 0 bridgehead atoms. The molecule has 0 radical (unpaired) electrons. The SMILES string of the molecule is Cc1ccc(-c2ccc(-c3cn(C[C@H]4CCCCO4)nn3)cc2)cn1. The number of ether oxygens (including phenoxy) is 1. The molecule has 128 valence electrons. The fourth-order valence-electron chi connectivity index (χ4n) is 3.15. The van der Waals surface area contributed by atoms with Crippen molar-refractivity contribution in [2.45, 2.75) is 38.8 Å². The highest BCUT2D eigenvalue weighted by Gasteiger charge is 2.15. The number of pyridine rings is 1. The summed E-state index contributed by atoms with van der Waals surface area (Å²) in [5.74, 6) is 0. The third-order valence-corrected chi connectivity index (χ3v) is 4.63. The van der Waals surface area contributed by atoms with Crippen LogP contribution in [0.2, 0.25) is 0 Å². The highest BCUT2D eigenvalue weighted by atomic mass is 16.5. The third-order valence-electron chi connectivity index (χ3n) is 4.63. The van der Waals surface area contributed by atoms with Gasteiger partial charge >= 0.3 is 0 Å². The molecule has 1 aliphatic heterocycles. The van der Waals surface area contributed by atoms with Gasteiger partial charge in [-0.15, -0.1) is 5.10 Å². The quantitative estimate of drug-likeness (QED) is 0.726. The van der Waals surface area contributed by atoms with Gasteiger partial charge in [-0.05, 0) is 37.8 Å². The van der Waals surface area contributed by atoms with E-state index in [1.807, 2.05) is 30.1 Å². The first kappa shape index (κ1) is 16.0. The summed E-state index contributed by atoms with van der Waals surface area (Å²) in [6, 6.07) is 12.5. The van der Waals surface area contributed by atoms with Crippen molar-refractivity contribution in [1.29, 1.82) is 0 Å². The average Bonchev–Trinajstić information content (AvgIpc) is 3.12. The second kappa shape index (κ2) is 7.15. The van der Waals surface area contributed by atoms with Crippen molar-refractivity contribution < 1.29 is 4.74 Å². The smallest absolute Gasteiger partial charge is 0.113 e. The molecule has 5 heteroatoms. The fourth-order valence-corrected chi connectivity index (χ4v) is 3.15. The number of aromatic nitrogens is 4. The molecule has 1 aromatic carbocycles. The van der Waals surface area contributed by atoms with Crippen LogP contribution in [0.25, 0.3) is 22.4 Å². The van der Waals surface area contributed by atoms with Crippen LogP contribution in [0.5, 0.6) is 0 Å². The van der Waals surface area contributed by atoms with Crippen LogP contribution in [0.3, 0.4) is 0 Å². The van der Waals surface area contributed by atoms with E-state index in [0.717, 1.165) is 47.7 Å². The standard InChI is InChI=1S/C20H22N4O/c1-15-5-6-18(12-21-15)16-7-9-17(10-8-16)20-14-24(23-22-20)13-19-4-2-3-11-25-19/h5-10,12,14,19H,2-4,11,13H2,1H3/t19-/m1/s1. The van der Waals surface area contributed by atoms with Crippen LogP contribution < -0.4 is 0 Å². The van der Waals surface area contributed by atoms with Crippen molar-refractivity contribution in [3.8, 4) is 22.4 Å². The molecular formula is C20H22N4O. The molecule has 25 heavy (non-hydrogen) atoms. The summed E-state index contributed by atoms with van der Waals surface area (Å²) < 4.78 is 7.67. The van der Waals surface area contributed by atoms with Gasteiger partial charge < -0.3 is 4.74 Å². The maximum absolute atomic E-state index is 5.78. The molecule has 0 N–H and O–H groups in total. The van der Waals surface area contributed by atoms with Crippen LogP contribution in [-0.2, 0) is 11.3 Å². The zero-order valence-corrected chi connectivity index (χ0v) is 14.4. The van der Waals surface area contributed by atoms with Crippen LogP contribution >= 0.6 is 0 Å². The molecular weight excluding hydrogens is 312 g/mol. The Hall–Kier alpha value is -2.53. The molecule has 1 fully saturated rings. The maximum Gasteiger partial charge on any atom is 0.113 e. The molecule has 3 aromatic rings. The van der Waals surface area contributed by atoms with Crippen molar-refractivity contribution in [3.63, 3.8) is 0 Å². The van der Waals surface area contributed by atoms with Crippen LogP contribution in [0.15, 0.2) is 48.8 Å². The molecule has 3 heterocycles. The molecule has 0 spiro atoms. The lowest BCUT2D eigenvalue weighted by Gasteiger charge is -2.21. The topological polar surface area (TPSA) is 52.8 Å². The number of hydrogen-bond donors (Lipinski definition) is 0. The van der Waals surface area contributed by atoms with E-state index in [2.05, 4.69) is 45.6 Å². The number of rotatable bonds is 4. The average molecular weight is 334 g/mol. The van der Waals surface area contributed by atoms with E-state index in [-0.39, 0.29) is 6.10 Å². The Balaban J connectivity index is 1.47. The zero-order chi connectivity index (χ0) is 17.1. The number of hydrogen-bond acceptors (Lipinski definition) is 4. The van der Waals surface area contributed by atoms with Crippen LogP contribution in [0, 0.1) is 6.92 Å². The summed E-state index contributed by atoms with van der Waals surface area (Å²) in [4.78, 5) is 4.36. The van der Waals surface area contributed by atoms with Gasteiger partial charge in [0.2, 0.25) is 0 Å². The minimum absolute atomic E-state index is 0.264.